The number of carboxylic acid groups (broad SMARTS) is 1. The Morgan fingerprint density at radius 2 is 1.86 bits per heavy atom. The van der Waals surface area contributed by atoms with Gasteiger partial charge in [0.25, 0.3) is 5.69 Å². The minimum absolute atomic E-state index is 0.0636. The van der Waals surface area contributed by atoms with Crippen molar-refractivity contribution in [3.8, 4) is 22.5 Å². The number of rotatable bonds is 4. The van der Waals surface area contributed by atoms with E-state index in [0.29, 0.717) is 16.8 Å². The molecule has 0 bridgehead atoms. The summed E-state index contributed by atoms with van der Waals surface area (Å²) in [4.78, 5) is 26.5. The van der Waals surface area contributed by atoms with Crippen LogP contribution >= 0.6 is 0 Å². The molecule has 9 heteroatoms. The fraction of sp³-hybridized carbons (Fsp3) is 0. The zero-order valence-electron chi connectivity index (χ0n) is 14.1. The Morgan fingerprint density at radius 1 is 1.11 bits per heavy atom. The van der Waals surface area contributed by atoms with Crippen LogP contribution in [0, 0.1) is 15.9 Å². The summed E-state index contributed by atoms with van der Waals surface area (Å²) in [6.07, 6.45) is 0. The summed E-state index contributed by atoms with van der Waals surface area (Å²) in [7, 11) is 0. The van der Waals surface area contributed by atoms with Crippen LogP contribution in [0.15, 0.2) is 54.6 Å². The molecule has 0 atom stereocenters. The number of carboxylic acids is 1. The molecule has 0 saturated heterocycles. The zero-order valence-corrected chi connectivity index (χ0v) is 14.1. The Balaban J connectivity index is 1.91. The Hall–Kier alpha value is -4.14. The van der Waals surface area contributed by atoms with Crippen LogP contribution in [0.25, 0.3) is 33.5 Å². The predicted octanol–water partition coefficient (Wildman–Crippen LogP) is 4.04. The van der Waals surface area contributed by atoms with Gasteiger partial charge in [-0.2, -0.15) is 5.10 Å². The lowest BCUT2D eigenvalue weighted by atomic mass is 10.0. The first-order chi connectivity index (χ1) is 13.4. The molecule has 0 aliphatic rings. The number of nitrogens with one attached hydrogen (secondary N) is 1. The molecule has 0 fully saturated rings. The number of nitro groups is 1. The SMILES string of the molecule is O=C(O)c1cc(-c2cccc(F)c2)nc2n[nH]c(-c3ccc([N+](=O)[O-])cc3)c12. The number of aromatic amines is 1. The molecule has 0 radical (unpaired) electrons. The second-order valence-electron chi connectivity index (χ2n) is 5.97. The van der Waals surface area contributed by atoms with E-state index < -0.39 is 16.7 Å². The van der Waals surface area contributed by atoms with Crippen LogP contribution in [-0.4, -0.2) is 31.2 Å². The van der Waals surface area contributed by atoms with Crippen LogP contribution in [0.1, 0.15) is 10.4 Å². The Kier molecular flexibility index (Phi) is 4.04. The van der Waals surface area contributed by atoms with E-state index >= 15 is 0 Å². The van der Waals surface area contributed by atoms with Gasteiger partial charge < -0.3 is 5.11 Å². The second kappa shape index (κ2) is 6.54. The van der Waals surface area contributed by atoms with Crippen LogP contribution in [0.4, 0.5) is 10.1 Å². The first kappa shape index (κ1) is 17.3. The van der Waals surface area contributed by atoms with Gasteiger partial charge in [0.05, 0.1) is 27.3 Å². The molecule has 2 aromatic carbocycles. The predicted molar refractivity (Wildman–Crippen MR) is 98.3 cm³/mol. The standard InChI is InChI=1S/C19H11FN4O4/c20-12-3-1-2-11(8-12)15-9-14(19(25)26)16-17(22-23-18(16)21-15)10-4-6-13(7-5-10)24(27)28/h1-9H,(H,25,26)(H,21,22,23). The van der Waals surface area contributed by atoms with Gasteiger partial charge in [-0.15, -0.1) is 0 Å². The Bertz CT molecular complexity index is 1230. The van der Waals surface area contributed by atoms with Crippen LogP contribution in [-0.2, 0) is 0 Å². The van der Waals surface area contributed by atoms with Crippen molar-refractivity contribution in [1.82, 2.24) is 15.2 Å². The number of halogens is 1. The summed E-state index contributed by atoms with van der Waals surface area (Å²) in [5.74, 6) is -1.67. The number of nitrogens with zero attached hydrogens (tertiary/aromatic N) is 3. The topological polar surface area (TPSA) is 122 Å². The molecule has 2 N–H and O–H groups in total. The molecule has 28 heavy (non-hydrogen) atoms. The van der Waals surface area contributed by atoms with Crippen LogP contribution < -0.4 is 0 Å². The fourth-order valence-electron chi connectivity index (χ4n) is 2.95. The number of hydrogen-bond acceptors (Lipinski definition) is 5. The van der Waals surface area contributed by atoms with Gasteiger partial charge in [-0.25, -0.2) is 14.2 Å². The molecule has 0 amide bonds. The number of benzene rings is 2. The molecule has 0 unspecified atom stereocenters. The van der Waals surface area contributed by atoms with Gasteiger partial charge in [-0.3, -0.25) is 15.2 Å². The lowest BCUT2D eigenvalue weighted by Crippen LogP contribution is -2.00. The minimum Gasteiger partial charge on any atom is -0.478 e. The van der Waals surface area contributed by atoms with Gasteiger partial charge >= 0.3 is 5.97 Å². The van der Waals surface area contributed by atoms with E-state index in [2.05, 4.69) is 15.2 Å². The molecule has 0 spiro atoms. The van der Waals surface area contributed by atoms with E-state index in [-0.39, 0.29) is 28.0 Å². The van der Waals surface area contributed by atoms with Gasteiger partial charge in [0.2, 0.25) is 0 Å². The smallest absolute Gasteiger partial charge is 0.336 e. The third kappa shape index (κ3) is 2.94. The van der Waals surface area contributed by atoms with Crippen LogP contribution in [0.5, 0.6) is 0 Å². The summed E-state index contributed by atoms with van der Waals surface area (Å²) in [5.41, 5.74) is 1.59. The van der Waals surface area contributed by atoms with Crippen LogP contribution in [0.2, 0.25) is 0 Å². The van der Waals surface area contributed by atoms with Crippen molar-refractivity contribution in [3.05, 3.63) is 76.1 Å². The molecule has 0 aliphatic heterocycles. The van der Waals surface area contributed by atoms with E-state index in [1.54, 1.807) is 6.07 Å². The number of pyridine rings is 1. The lowest BCUT2D eigenvalue weighted by Gasteiger charge is -2.06. The molecule has 2 aromatic heterocycles. The zero-order chi connectivity index (χ0) is 19.8. The van der Waals surface area contributed by atoms with Gasteiger partial charge in [0.15, 0.2) is 5.65 Å². The molecule has 0 saturated carbocycles. The van der Waals surface area contributed by atoms with E-state index in [1.165, 1.54) is 48.5 Å². The first-order valence-electron chi connectivity index (χ1n) is 8.07. The fourth-order valence-corrected chi connectivity index (χ4v) is 2.95. The molecule has 4 rings (SSSR count). The number of aromatic nitrogens is 3. The molecular weight excluding hydrogens is 367 g/mol. The maximum atomic E-state index is 13.5. The molecule has 0 aliphatic carbocycles. The number of non-ortho nitro benzene ring substituents is 1. The maximum absolute atomic E-state index is 13.5. The monoisotopic (exact) mass is 378 g/mol. The molecular formula is C19H11FN4O4. The summed E-state index contributed by atoms with van der Waals surface area (Å²) < 4.78 is 13.5. The normalized spacial score (nSPS) is 10.9. The molecule has 4 aromatic rings. The number of nitro benzene ring substituents is 1. The summed E-state index contributed by atoms with van der Waals surface area (Å²) in [5, 5.41) is 27.6. The number of fused-ring (bicyclic) bond motifs is 1. The molecule has 138 valence electrons. The van der Waals surface area contributed by atoms with Gasteiger partial charge in [0, 0.05) is 23.3 Å². The van der Waals surface area contributed by atoms with Crippen molar-refractivity contribution in [2.24, 2.45) is 0 Å². The van der Waals surface area contributed by atoms with Crippen molar-refractivity contribution in [1.29, 1.82) is 0 Å². The first-order valence-corrected chi connectivity index (χ1v) is 8.07. The maximum Gasteiger partial charge on any atom is 0.336 e. The van der Waals surface area contributed by atoms with Crippen molar-refractivity contribution in [2.45, 2.75) is 0 Å². The van der Waals surface area contributed by atoms with E-state index in [1.807, 2.05) is 0 Å². The van der Waals surface area contributed by atoms with Gasteiger partial charge in [0.1, 0.15) is 5.82 Å². The number of carbonyl (C=O) groups is 1. The summed E-state index contributed by atoms with van der Waals surface area (Å²) >= 11 is 0. The third-order valence-electron chi connectivity index (χ3n) is 4.24. The minimum atomic E-state index is -1.20. The summed E-state index contributed by atoms with van der Waals surface area (Å²) in [6.45, 7) is 0. The second-order valence-corrected chi connectivity index (χ2v) is 5.97. The molecule has 2 heterocycles. The van der Waals surface area contributed by atoms with Crippen molar-refractivity contribution >= 4 is 22.7 Å². The largest absolute Gasteiger partial charge is 0.478 e. The van der Waals surface area contributed by atoms with E-state index in [0.717, 1.165) is 0 Å². The Morgan fingerprint density at radius 3 is 2.50 bits per heavy atom. The quantitative estimate of drug-likeness (QED) is 0.408. The van der Waals surface area contributed by atoms with Crippen molar-refractivity contribution in [3.63, 3.8) is 0 Å². The number of hydrogen-bond donors (Lipinski definition) is 2. The number of aromatic carboxylic acids is 1. The van der Waals surface area contributed by atoms with Gasteiger partial charge in [-0.1, -0.05) is 12.1 Å². The van der Waals surface area contributed by atoms with Crippen molar-refractivity contribution in [2.75, 3.05) is 0 Å². The highest BCUT2D eigenvalue weighted by Gasteiger charge is 2.20. The average molecular weight is 378 g/mol. The molecule has 8 nitrogen and oxygen atoms in total. The van der Waals surface area contributed by atoms with E-state index in [4.69, 9.17) is 0 Å². The third-order valence-corrected chi connectivity index (χ3v) is 4.24. The van der Waals surface area contributed by atoms with E-state index in [9.17, 15) is 24.4 Å². The lowest BCUT2D eigenvalue weighted by molar-refractivity contribution is -0.384. The Labute approximate surface area is 156 Å². The van der Waals surface area contributed by atoms with Crippen LogP contribution in [0.3, 0.4) is 0 Å². The highest BCUT2D eigenvalue weighted by atomic mass is 19.1. The number of H-pyrrole nitrogens is 1. The van der Waals surface area contributed by atoms with Gasteiger partial charge in [-0.05, 0) is 30.3 Å². The summed E-state index contributed by atoms with van der Waals surface area (Å²) in [6, 6.07) is 12.6. The average Bonchev–Trinajstić information content (AvgIpc) is 3.11. The highest BCUT2D eigenvalue weighted by Crippen LogP contribution is 2.32. The van der Waals surface area contributed by atoms with Crippen molar-refractivity contribution < 1.29 is 19.2 Å². The highest BCUT2D eigenvalue weighted by molar-refractivity contribution is 6.08.